The molecular formula is C22H25N3O3. The number of nitrogens with one attached hydrogen (secondary N) is 2. The fourth-order valence-electron chi connectivity index (χ4n) is 4.36. The van der Waals surface area contributed by atoms with Crippen molar-refractivity contribution in [1.29, 1.82) is 0 Å². The highest BCUT2D eigenvalue weighted by atomic mass is 16.5. The molecular weight excluding hydrogens is 354 g/mol. The summed E-state index contributed by atoms with van der Waals surface area (Å²) in [7, 11) is 0. The molecule has 6 heteroatoms. The predicted octanol–water partition coefficient (Wildman–Crippen LogP) is 3.67. The maximum absolute atomic E-state index is 12.7. The SMILES string of the molecule is NC(=O)Cc1cccc(NC(=O)NC2CC3(CCCC3)Oc3ccccc32)c1. The van der Waals surface area contributed by atoms with Crippen LogP contribution in [0.3, 0.4) is 0 Å². The number of hydrogen-bond acceptors (Lipinski definition) is 3. The molecule has 1 aliphatic carbocycles. The van der Waals surface area contributed by atoms with Gasteiger partial charge in [-0.3, -0.25) is 4.79 Å². The summed E-state index contributed by atoms with van der Waals surface area (Å²) in [6.07, 6.45) is 5.29. The molecule has 0 saturated heterocycles. The lowest BCUT2D eigenvalue weighted by molar-refractivity contribution is -0.117. The van der Waals surface area contributed by atoms with Crippen molar-refractivity contribution in [2.45, 2.75) is 50.2 Å². The molecule has 146 valence electrons. The van der Waals surface area contributed by atoms with Crippen LogP contribution in [0.5, 0.6) is 5.75 Å². The average Bonchev–Trinajstić information content (AvgIpc) is 3.08. The van der Waals surface area contributed by atoms with E-state index in [1.165, 1.54) is 0 Å². The van der Waals surface area contributed by atoms with Crippen LogP contribution in [0.2, 0.25) is 0 Å². The highest BCUT2D eigenvalue weighted by Gasteiger charge is 2.43. The van der Waals surface area contributed by atoms with Crippen LogP contribution in [0.1, 0.15) is 49.3 Å². The minimum Gasteiger partial charge on any atom is -0.487 e. The number of fused-ring (bicyclic) bond motifs is 1. The molecule has 4 N–H and O–H groups in total. The summed E-state index contributed by atoms with van der Waals surface area (Å²) >= 11 is 0. The van der Waals surface area contributed by atoms with Crippen LogP contribution in [0.15, 0.2) is 48.5 Å². The normalized spacial score (nSPS) is 19.5. The molecule has 28 heavy (non-hydrogen) atoms. The van der Waals surface area contributed by atoms with Crippen LogP contribution >= 0.6 is 0 Å². The molecule has 0 radical (unpaired) electrons. The number of hydrogen-bond donors (Lipinski definition) is 3. The molecule has 1 spiro atoms. The molecule has 2 aromatic rings. The molecule has 3 amide bonds. The Kier molecular flexibility index (Phi) is 4.94. The van der Waals surface area contributed by atoms with E-state index in [9.17, 15) is 9.59 Å². The van der Waals surface area contributed by atoms with Crippen molar-refractivity contribution >= 4 is 17.6 Å². The number of carbonyl (C=O) groups is 2. The topological polar surface area (TPSA) is 93.5 Å². The van der Waals surface area contributed by atoms with E-state index in [-0.39, 0.29) is 24.1 Å². The van der Waals surface area contributed by atoms with Gasteiger partial charge in [0.05, 0.1) is 12.5 Å². The minimum absolute atomic E-state index is 0.100. The van der Waals surface area contributed by atoms with E-state index in [2.05, 4.69) is 10.6 Å². The minimum atomic E-state index is -0.401. The third-order valence-electron chi connectivity index (χ3n) is 5.58. The lowest BCUT2D eigenvalue weighted by Crippen LogP contribution is -2.44. The number of ether oxygens (including phenoxy) is 1. The van der Waals surface area contributed by atoms with Gasteiger partial charge in [-0.05, 0) is 49.4 Å². The van der Waals surface area contributed by atoms with Crippen molar-refractivity contribution in [3.63, 3.8) is 0 Å². The second-order valence-corrected chi connectivity index (χ2v) is 7.73. The standard InChI is InChI=1S/C22H25N3O3/c23-20(26)13-15-6-5-7-16(12-15)24-21(27)25-18-14-22(10-3-4-11-22)28-19-9-2-1-8-17(18)19/h1-2,5-9,12,18H,3-4,10-11,13-14H2,(H2,23,26)(H2,24,25,27). The Morgan fingerprint density at radius 3 is 2.68 bits per heavy atom. The van der Waals surface area contributed by atoms with Crippen LogP contribution in [0, 0.1) is 0 Å². The number of amides is 3. The Bertz CT molecular complexity index is 890. The first-order chi connectivity index (χ1) is 13.5. The van der Waals surface area contributed by atoms with Gasteiger partial charge in [-0.2, -0.15) is 0 Å². The number of benzene rings is 2. The van der Waals surface area contributed by atoms with Crippen LogP contribution in [-0.2, 0) is 11.2 Å². The second kappa shape index (κ2) is 7.54. The Balaban J connectivity index is 1.48. The Labute approximate surface area is 164 Å². The van der Waals surface area contributed by atoms with E-state index in [0.29, 0.717) is 5.69 Å². The molecule has 2 aliphatic rings. The smallest absolute Gasteiger partial charge is 0.319 e. The second-order valence-electron chi connectivity index (χ2n) is 7.73. The van der Waals surface area contributed by atoms with Gasteiger partial charge in [-0.1, -0.05) is 30.3 Å². The van der Waals surface area contributed by atoms with Gasteiger partial charge >= 0.3 is 6.03 Å². The number of rotatable bonds is 4. The first-order valence-corrected chi connectivity index (χ1v) is 9.76. The van der Waals surface area contributed by atoms with Crippen LogP contribution in [-0.4, -0.2) is 17.5 Å². The average molecular weight is 379 g/mol. The van der Waals surface area contributed by atoms with E-state index in [1.807, 2.05) is 30.3 Å². The number of urea groups is 1. The maximum atomic E-state index is 12.7. The van der Waals surface area contributed by atoms with Gasteiger partial charge in [0, 0.05) is 17.7 Å². The molecule has 1 fully saturated rings. The molecule has 1 atom stereocenters. The molecule has 1 aliphatic heterocycles. The van der Waals surface area contributed by atoms with E-state index < -0.39 is 5.91 Å². The highest BCUT2D eigenvalue weighted by molar-refractivity contribution is 5.90. The monoisotopic (exact) mass is 379 g/mol. The predicted molar refractivity (Wildman–Crippen MR) is 107 cm³/mol. The van der Waals surface area contributed by atoms with Gasteiger partial charge < -0.3 is 21.1 Å². The van der Waals surface area contributed by atoms with Gasteiger partial charge in [0.15, 0.2) is 0 Å². The lowest BCUT2D eigenvalue weighted by atomic mass is 9.86. The van der Waals surface area contributed by atoms with Crippen molar-refractivity contribution in [3.8, 4) is 5.75 Å². The molecule has 1 saturated carbocycles. The van der Waals surface area contributed by atoms with Crippen LogP contribution in [0.25, 0.3) is 0 Å². The van der Waals surface area contributed by atoms with E-state index in [0.717, 1.165) is 49.0 Å². The number of para-hydroxylation sites is 1. The van der Waals surface area contributed by atoms with Crippen molar-refractivity contribution in [1.82, 2.24) is 5.32 Å². The molecule has 0 bridgehead atoms. The summed E-state index contributed by atoms with van der Waals surface area (Å²) in [4.78, 5) is 23.8. The van der Waals surface area contributed by atoms with Crippen LogP contribution < -0.4 is 21.1 Å². The lowest BCUT2D eigenvalue weighted by Gasteiger charge is -2.40. The zero-order chi connectivity index (χ0) is 19.6. The third kappa shape index (κ3) is 3.96. The summed E-state index contributed by atoms with van der Waals surface area (Å²) in [6.45, 7) is 0. The quantitative estimate of drug-likeness (QED) is 0.756. The van der Waals surface area contributed by atoms with Gasteiger partial charge in [0.2, 0.25) is 5.91 Å². The maximum Gasteiger partial charge on any atom is 0.319 e. The number of anilines is 1. The fourth-order valence-corrected chi connectivity index (χ4v) is 4.36. The van der Waals surface area contributed by atoms with Crippen molar-refractivity contribution in [2.75, 3.05) is 5.32 Å². The number of nitrogens with two attached hydrogens (primary N) is 1. The van der Waals surface area contributed by atoms with Crippen molar-refractivity contribution in [2.24, 2.45) is 5.73 Å². The van der Waals surface area contributed by atoms with Gasteiger partial charge in [-0.15, -0.1) is 0 Å². The zero-order valence-electron chi connectivity index (χ0n) is 15.7. The molecule has 2 aromatic carbocycles. The number of primary amides is 1. The van der Waals surface area contributed by atoms with Crippen LogP contribution in [0.4, 0.5) is 10.5 Å². The molecule has 6 nitrogen and oxygen atoms in total. The summed E-state index contributed by atoms with van der Waals surface area (Å²) in [6, 6.07) is 14.7. The molecule has 1 heterocycles. The fraction of sp³-hybridized carbons (Fsp3) is 0.364. The Morgan fingerprint density at radius 2 is 1.89 bits per heavy atom. The highest BCUT2D eigenvalue weighted by Crippen LogP contribution is 2.46. The summed E-state index contributed by atoms with van der Waals surface area (Å²) in [5, 5.41) is 5.98. The summed E-state index contributed by atoms with van der Waals surface area (Å²) in [5.74, 6) is 0.465. The third-order valence-corrected chi connectivity index (χ3v) is 5.58. The summed E-state index contributed by atoms with van der Waals surface area (Å²) < 4.78 is 6.35. The van der Waals surface area contributed by atoms with Crippen molar-refractivity contribution in [3.05, 3.63) is 59.7 Å². The van der Waals surface area contributed by atoms with E-state index in [1.54, 1.807) is 18.2 Å². The summed E-state index contributed by atoms with van der Waals surface area (Å²) in [5.41, 5.74) is 7.49. The zero-order valence-corrected chi connectivity index (χ0v) is 15.7. The largest absolute Gasteiger partial charge is 0.487 e. The van der Waals surface area contributed by atoms with E-state index >= 15 is 0 Å². The van der Waals surface area contributed by atoms with Gasteiger partial charge in [0.1, 0.15) is 11.4 Å². The van der Waals surface area contributed by atoms with E-state index in [4.69, 9.17) is 10.5 Å². The Hall–Kier alpha value is -3.02. The van der Waals surface area contributed by atoms with Crippen molar-refractivity contribution < 1.29 is 14.3 Å². The first-order valence-electron chi connectivity index (χ1n) is 9.76. The van der Waals surface area contributed by atoms with Gasteiger partial charge in [0.25, 0.3) is 0 Å². The number of carbonyl (C=O) groups excluding carboxylic acids is 2. The molecule has 4 rings (SSSR count). The van der Waals surface area contributed by atoms with Gasteiger partial charge in [-0.25, -0.2) is 4.79 Å². The first kappa shape index (κ1) is 18.3. The molecule has 1 unspecified atom stereocenters. The molecule has 0 aromatic heterocycles. The Morgan fingerprint density at radius 1 is 1.11 bits per heavy atom.